The molecule has 23 heavy (non-hydrogen) atoms. The maximum Gasteiger partial charge on any atom is 0.484 e. The fraction of sp³-hybridized carbons (Fsp3) is 1.00. The van der Waals surface area contributed by atoms with Gasteiger partial charge in [0.15, 0.2) is 0 Å². The third-order valence-electron chi connectivity index (χ3n) is 4.75. The summed E-state index contributed by atoms with van der Waals surface area (Å²) < 4.78 is 79.1. The summed E-state index contributed by atoms with van der Waals surface area (Å²) in [6.07, 6.45) is 6.47. The van der Waals surface area contributed by atoms with Crippen molar-refractivity contribution >= 4 is 20.1 Å². The Morgan fingerprint density at radius 1 is 0.783 bits per heavy atom. The standard InChI is InChI=1S/C13H23F2NO5S2/c14-13(15,23(19,20)21)22(17,18)16(11-7-3-1-4-8-11)12-9-5-2-6-10-12/h11-12H,1-10H2,(H,19,20,21). The Hall–Kier alpha value is -0.320. The summed E-state index contributed by atoms with van der Waals surface area (Å²) in [6, 6.07) is -1.24. The molecule has 1 N–H and O–H groups in total. The van der Waals surface area contributed by atoms with Gasteiger partial charge in [-0.25, -0.2) is 8.42 Å². The second-order valence-electron chi connectivity index (χ2n) is 6.36. The van der Waals surface area contributed by atoms with Crippen LogP contribution in [0.3, 0.4) is 0 Å². The van der Waals surface area contributed by atoms with Crippen molar-refractivity contribution in [1.29, 1.82) is 0 Å². The topological polar surface area (TPSA) is 91.7 Å². The lowest BCUT2D eigenvalue weighted by Gasteiger charge is -2.41. The molecule has 0 aromatic heterocycles. The number of sulfonamides is 1. The van der Waals surface area contributed by atoms with E-state index in [1.807, 2.05) is 0 Å². The van der Waals surface area contributed by atoms with Crippen LogP contribution >= 0.6 is 0 Å². The fourth-order valence-corrected chi connectivity index (χ4v) is 6.39. The predicted molar refractivity (Wildman–Crippen MR) is 81.0 cm³/mol. The number of nitrogens with zero attached hydrogens (tertiary/aromatic N) is 1. The molecular formula is C13H23F2NO5S2. The summed E-state index contributed by atoms with van der Waals surface area (Å²) in [5.41, 5.74) is 0. The van der Waals surface area contributed by atoms with Crippen LogP contribution in [-0.4, -0.2) is 42.4 Å². The van der Waals surface area contributed by atoms with E-state index in [-0.39, 0.29) is 0 Å². The largest absolute Gasteiger partial charge is 0.484 e. The number of hydrogen-bond acceptors (Lipinski definition) is 4. The van der Waals surface area contributed by atoms with Crippen LogP contribution in [0.1, 0.15) is 64.2 Å². The van der Waals surface area contributed by atoms with Gasteiger partial charge in [-0.15, -0.1) is 0 Å². The fourth-order valence-electron chi connectivity index (χ4n) is 3.62. The molecule has 0 amide bonds. The molecule has 2 rings (SSSR count). The number of rotatable bonds is 5. The molecule has 0 saturated heterocycles. The Labute approximate surface area is 136 Å². The molecule has 2 aliphatic carbocycles. The molecule has 136 valence electrons. The number of hydrogen-bond donors (Lipinski definition) is 1. The highest BCUT2D eigenvalue weighted by atomic mass is 32.3. The lowest BCUT2D eigenvalue weighted by Crippen LogP contribution is -2.56. The average Bonchev–Trinajstić information content (AvgIpc) is 2.48. The Bertz CT molecular complexity index is 590. The van der Waals surface area contributed by atoms with Crippen LogP contribution in [0, 0.1) is 0 Å². The summed E-state index contributed by atoms with van der Waals surface area (Å²) >= 11 is 0. The van der Waals surface area contributed by atoms with Gasteiger partial charge in [0, 0.05) is 12.1 Å². The van der Waals surface area contributed by atoms with Crippen molar-refractivity contribution in [1.82, 2.24) is 4.31 Å². The zero-order chi connectivity index (χ0) is 17.3. The Balaban J connectivity index is 2.42. The smallest absolute Gasteiger partial charge is 0.280 e. The lowest BCUT2D eigenvalue weighted by atomic mass is 9.91. The highest BCUT2D eigenvalue weighted by molar-refractivity contribution is 8.06. The van der Waals surface area contributed by atoms with Crippen molar-refractivity contribution in [3.63, 3.8) is 0 Å². The van der Waals surface area contributed by atoms with E-state index in [0.29, 0.717) is 25.7 Å². The van der Waals surface area contributed by atoms with Crippen molar-refractivity contribution in [2.45, 2.75) is 80.9 Å². The zero-order valence-corrected chi connectivity index (χ0v) is 14.5. The molecule has 2 fully saturated rings. The van der Waals surface area contributed by atoms with Crippen LogP contribution in [0.2, 0.25) is 0 Å². The molecule has 2 aliphatic rings. The van der Waals surface area contributed by atoms with E-state index in [9.17, 15) is 25.6 Å². The monoisotopic (exact) mass is 375 g/mol. The molecule has 0 bridgehead atoms. The summed E-state index contributed by atoms with van der Waals surface area (Å²) in [4.78, 5) is 0. The van der Waals surface area contributed by atoms with Crippen molar-refractivity contribution in [2.75, 3.05) is 0 Å². The summed E-state index contributed by atoms with van der Waals surface area (Å²) in [5.74, 6) is 0. The van der Waals surface area contributed by atoms with Crippen molar-refractivity contribution in [3.05, 3.63) is 0 Å². The molecule has 0 heterocycles. The van der Waals surface area contributed by atoms with E-state index in [1.54, 1.807) is 0 Å². The normalized spacial score (nSPS) is 23.3. The van der Waals surface area contributed by atoms with Crippen LogP contribution in [0.5, 0.6) is 0 Å². The van der Waals surface area contributed by atoms with Gasteiger partial charge >= 0.3 is 14.7 Å². The molecule has 6 nitrogen and oxygen atoms in total. The Kier molecular flexibility index (Phi) is 5.70. The molecule has 0 aromatic carbocycles. The first-order chi connectivity index (χ1) is 10.6. The van der Waals surface area contributed by atoms with Gasteiger partial charge in [-0.1, -0.05) is 38.5 Å². The van der Waals surface area contributed by atoms with Gasteiger partial charge in [0.2, 0.25) is 0 Å². The third-order valence-corrected chi connectivity index (χ3v) is 8.36. The zero-order valence-electron chi connectivity index (χ0n) is 12.8. The van der Waals surface area contributed by atoms with Crippen molar-refractivity contribution in [3.8, 4) is 0 Å². The summed E-state index contributed by atoms with van der Waals surface area (Å²) in [7, 11) is -11.5. The van der Waals surface area contributed by atoms with E-state index < -0.39 is 36.8 Å². The molecule has 2 saturated carbocycles. The van der Waals surface area contributed by atoms with E-state index >= 15 is 0 Å². The highest BCUT2D eigenvalue weighted by Crippen LogP contribution is 2.39. The van der Waals surface area contributed by atoms with E-state index in [1.165, 1.54) is 0 Å². The number of alkyl halides is 2. The molecule has 0 aliphatic heterocycles. The van der Waals surface area contributed by atoms with Crippen molar-refractivity contribution in [2.24, 2.45) is 0 Å². The predicted octanol–water partition coefficient (Wildman–Crippen LogP) is 2.72. The molecule has 0 atom stereocenters. The molecule has 0 unspecified atom stereocenters. The minimum atomic E-state index is -6.05. The first-order valence-corrected chi connectivity index (χ1v) is 10.8. The van der Waals surface area contributed by atoms with Gasteiger partial charge in [0.25, 0.3) is 10.0 Å². The maximum absolute atomic E-state index is 14.0. The second kappa shape index (κ2) is 6.89. The van der Waals surface area contributed by atoms with Gasteiger partial charge in [-0.3, -0.25) is 4.55 Å². The Morgan fingerprint density at radius 3 is 1.43 bits per heavy atom. The SMILES string of the molecule is O=S(=O)(O)C(F)(F)S(=O)(=O)N(C1CCCCC1)C1CCCCC1. The molecular weight excluding hydrogens is 352 g/mol. The van der Waals surface area contributed by atoms with Gasteiger partial charge in [0.05, 0.1) is 0 Å². The molecule has 10 heteroatoms. The summed E-state index contributed by atoms with van der Waals surface area (Å²) in [6.45, 7) is 0. The molecule has 0 aromatic rings. The van der Waals surface area contributed by atoms with Crippen LogP contribution in [0.4, 0.5) is 8.78 Å². The summed E-state index contributed by atoms with van der Waals surface area (Å²) in [5, 5.41) is 0. The van der Waals surface area contributed by atoms with Crippen LogP contribution < -0.4 is 0 Å². The minimum Gasteiger partial charge on any atom is -0.280 e. The van der Waals surface area contributed by atoms with E-state index in [4.69, 9.17) is 4.55 Å². The van der Waals surface area contributed by atoms with Gasteiger partial charge < -0.3 is 0 Å². The van der Waals surface area contributed by atoms with Crippen LogP contribution in [-0.2, 0) is 20.1 Å². The average molecular weight is 375 g/mol. The first kappa shape index (κ1) is 19.0. The molecule has 0 spiro atoms. The van der Waals surface area contributed by atoms with Crippen molar-refractivity contribution < 1.29 is 30.2 Å². The second-order valence-corrected chi connectivity index (χ2v) is 9.96. The first-order valence-electron chi connectivity index (χ1n) is 7.97. The number of halogens is 2. The van der Waals surface area contributed by atoms with Crippen LogP contribution in [0.15, 0.2) is 0 Å². The van der Waals surface area contributed by atoms with Crippen LogP contribution in [0.25, 0.3) is 0 Å². The molecule has 0 radical (unpaired) electrons. The quantitative estimate of drug-likeness (QED) is 0.746. The lowest BCUT2D eigenvalue weighted by molar-refractivity contribution is 0.121. The Morgan fingerprint density at radius 2 is 1.13 bits per heavy atom. The van der Waals surface area contributed by atoms with Gasteiger partial charge in [0.1, 0.15) is 0 Å². The maximum atomic E-state index is 14.0. The van der Waals surface area contributed by atoms with E-state index in [2.05, 4.69) is 0 Å². The van der Waals surface area contributed by atoms with Gasteiger partial charge in [-0.05, 0) is 25.7 Å². The van der Waals surface area contributed by atoms with Gasteiger partial charge in [-0.2, -0.15) is 21.5 Å². The third kappa shape index (κ3) is 3.69. The minimum absolute atomic E-state index is 0.442. The highest BCUT2D eigenvalue weighted by Gasteiger charge is 2.62. The van der Waals surface area contributed by atoms with E-state index in [0.717, 1.165) is 42.8 Å².